The summed E-state index contributed by atoms with van der Waals surface area (Å²) in [6.45, 7) is 4.71. The fourth-order valence-electron chi connectivity index (χ4n) is 3.77. The number of aliphatic carboxylic acids is 2. The van der Waals surface area contributed by atoms with Gasteiger partial charge in [-0.2, -0.15) is 0 Å². The zero-order chi connectivity index (χ0) is 23.5. The third kappa shape index (κ3) is 8.09. The summed E-state index contributed by atoms with van der Waals surface area (Å²) in [5, 5.41) is 25.8. The zero-order valence-electron chi connectivity index (χ0n) is 19.1. The summed E-state index contributed by atoms with van der Waals surface area (Å²) in [6, 6.07) is 19.3. The van der Waals surface area contributed by atoms with Crippen molar-refractivity contribution in [1.82, 2.24) is 10.6 Å². The molecule has 0 radical (unpaired) electrons. The Balaban J connectivity index is 1.68. The fourth-order valence-corrected chi connectivity index (χ4v) is 3.77. The van der Waals surface area contributed by atoms with Crippen molar-refractivity contribution < 1.29 is 19.8 Å². The van der Waals surface area contributed by atoms with E-state index in [0.29, 0.717) is 25.9 Å². The van der Waals surface area contributed by atoms with Gasteiger partial charge in [0, 0.05) is 12.8 Å². The summed E-state index contributed by atoms with van der Waals surface area (Å²) in [5.74, 6) is -1.70. The molecular formula is C26H36N2O4. The van der Waals surface area contributed by atoms with Crippen LogP contribution in [0, 0.1) is 0 Å². The monoisotopic (exact) mass is 440 g/mol. The van der Waals surface area contributed by atoms with Crippen LogP contribution in [0.25, 0.3) is 0 Å². The number of nitrogens with one attached hydrogen (secondary N) is 2. The molecule has 0 bridgehead atoms. The molecule has 2 aromatic rings. The molecule has 2 unspecified atom stereocenters. The van der Waals surface area contributed by atoms with E-state index in [1.807, 2.05) is 60.7 Å². The van der Waals surface area contributed by atoms with E-state index in [0.717, 1.165) is 36.8 Å². The van der Waals surface area contributed by atoms with Crippen LogP contribution in [-0.4, -0.2) is 46.3 Å². The van der Waals surface area contributed by atoms with Crippen molar-refractivity contribution in [2.45, 2.75) is 63.5 Å². The predicted molar refractivity (Wildman–Crippen MR) is 127 cm³/mol. The van der Waals surface area contributed by atoms with Crippen molar-refractivity contribution in [2.75, 3.05) is 13.1 Å². The van der Waals surface area contributed by atoms with E-state index < -0.39 is 23.0 Å². The number of rotatable bonds is 15. The second kappa shape index (κ2) is 12.4. The molecule has 0 saturated heterocycles. The quantitative estimate of drug-likeness (QED) is 0.314. The molecule has 0 amide bonds. The van der Waals surface area contributed by atoms with Gasteiger partial charge >= 0.3 is 11.9 Å². The van der Waals surface area contributed by atoms with Crippen molar-refractivity contribution in [2.24, 2.45) is 0 Å². The van der Waals surface area contributed by atoms with Gasteiger partial charge < -0.3 is 20.8 Å². The first-order valence-corrected chi connectivity index (χ1v) is 11.3. The maximum Gasteiger partial charge on any atom is 0.323 e. The topological polar surface area (TPSA) is 98.7 Å². The van der Waals surface area contributed by atoms with Crippen molar-refractivity contribution in [3.8, 4) is 0 Å². The van der Waals surface area contributed by atoms with Crippen LogP contribution in [0.3, 0.4) is 0 Å². The van der Waals surface area contributed by atoms with Crippen LogP contribution < -0.4 is 10.6 Å². The van der Waals surface area contributed by atoms with Gasteiger partial charge in [0.05, 0.1) is 0 Å². The summed E-state index contributed by atoms with van der Waals surface area (Å²) >= 11 is 0. The second-order valence-corrected chi connectivity index (χ2v) is 8.87. The largest absolute Gasteiger partial charge is 0.480 e. The lowest BCUT2D eigenvalue weighted by Gasteiger charge is -2.27. The van der Waals surface area contributed by atoms with E-state index in [-0.39, 0.29) is 0 Å². The third-order valence-corrected chi connectivity index (χ3v) is 5.88. The lowest BCUT2D eigenvalue weighted by Crippen LogP contribution is -2.51. The normalized spacial score (nSPS) is 14.9. The number of hydrogen-bond donors (Lipinski definition) is 4. The molecule has 2 aromatic carbocycles. The summed E-state index contributed by atoms with van der Waals surface area (Å²) in [5.41, 5.74) is -0.00581. The summed E-state index contributed by atoms with van der Waals surface area (Å²) in [7, 11) is 0. The Morgan fingerprint density at radius 1 is 0.656 bits per heavy atom. The Labute approximate surface area is 191 Å². The van der Waals surface area contributed by atoms with Crippen LogP contribution in [0.1, 0.15) is 50.7 Å². The molecule has 2 atom stereocenters. The first kappa shape index (κ1) is 25.6. The maximum absolute atomic E-state index is 11.8. The molecule has 6 heteroatoms. The van der Waals surface area contributed by atoms with Gasteiger partial charge in [-0.1, -0.05) is 73.5 Å². The van der Waals surface area contributed by atoms with Gasteiger partial charge in [0.25, 0.3) is 0 Å². The number of carboxylic acid groups (broad SMARTS) is 2. The lowest BCUT2D eigenvalue weighted by atomic mass is 9.92. The van der Waals surface area contributed by atoms with E-state index in [1.54, 1.807) is 13.8 Å². The summed E-state index contributed by atoms with van der Waals surface area (Å²) < 4.78 is 0. The molecule has 0 spiro atoms. The SMILES string of the molecule is CC(Cc1ccccc1)(NCCCCCCNC(C)(Cc1ccccc1)C(=O)O)C(=O)O. The molecule has 0 saturated carbocycles. The highest BCUT2D eigenvalue weighted by Gasteiger charge is 2.33. The van der Waals surface area contributed by atoms with Crippen LogP contribution in [-0.2, 0) is 22.4 Å². The molecule has 0 fully saturated rings. The number of hydrogen-bond acceptors (Lipinski definition) is 4. The van der Waals surface area contributed by atoms with E-state index in [1.165, 1.54) is 0 Å². The van der Waals surface area contributed by atoms with Gasteiger partial charge in [0.2, 0.25) is 0 Å². The second-order valence-electron chi connectivity index (χ2n) is 8.87. The van der Waals surface area contributed by atoms with E-state index in [4.69, 9.17) is 0 Å². The molecule has 0 aliphatic carbocycles. The van der Waals surface area contributed by atoms with E-state index >= 15 is 0 Å². The molecule has 32 heavy (non-hydrogen) atoms. The highest BCUT2D eigenvalue weighted by atomic mass is 16.4. The van der Waals surface area contributed by atoms with Gasteiger partial charge in [-0.3, -0.25) is 9.59 Å². The molecule has 0 aromatic heterocycles. The number of carboxylic acids is 2. The van der Waals surface area contributed by atoms with Crippen LogP contribution >= 0.6 is 0 Å². The molecular weight excluding hydrogens is 404 g/mol. The first-order chi connectivity index (χ1) is 15.3. The highest BCUT2D eigenvalue weighted by Crippen LogP contribution is 2.16. The molecule has 4 N–H and O–H groups in total. The molecule has 0 heterocycles. The lowest BCUT2D eigenvalue weighted by molar-refractivity contribution is -0.145. The fraction of sp³-hybridized carbons (Fsp3) is 0.462. The molecule has 0 aliphatic rings. The van der Waals surface area contributed by atoms with Crippen LogP contribution in [0.5, 0.6) is 0 Å². The summed E-state index contributed by atoms with van der Waals surface area (Å²) in [6.07, 6.45) is 4.52. The van der Waals surface area contributed by atoms with Gasteiger partial charge in [0.15, 0.2) is 0 Å². The molecule has 0 aliphatic heterocycles. The Bertz CT molecular complexity index is 772. The standard InChI is InChI=1S/C26H36N2O4/c1-25(23(29)30,19-21-13-7-5-8-14-21)27-17-11-3-4-12-18-28-26(2,24(31)32)20-22-15-9-6-10-16-22/h5-10,13-16,27-28H,3-4,11-12,17-20H2,1-2H3,(H,29,30)(H,31,32). The van der Waals surface area contributed by atoms with Crippen molar-refractivity contribution in [3.05, 3.63) is 71.8 Å². The third-order valence-electron chi connectivity index (χ3n) is 5.88. The van der Waals surface area contributed by atoms with Crippen LogP contribution in [0.15, 0.2) is 60.7 Å². The van der Waals surface area contributed by atoms with Gasteiger partial charge in [-0.25, -0.2) is 0 Å². The van der Waals surface area contributed by atoms with Crippen LogP contribution in [0.4, 0.5) is 0 Å². The zero-order valence-corrected chi connectivity index (χ0v) is 19.1. The Hall–Kier alpha value is -2.70. The number of unbranched alkanes of at least 4 members (excludes halogenated alkanes) is 3. The Kier molecular flexibility index (Phi) is 9.88. The average Bonchev–Trinajstić information content (AvgIpc) is 2.76. The van der Waals surface area contributed by atoms with Crippen molar-refractivity contribution in [1.29, 1.82) is 0 Å². The van der Waals surface area contributed by atoms with Crippen molar-refractivity contribution in [3.63, 3.8) is 0 Å². The Morgan fingerprint density at radius 2 is 1.00 bits per heavy atom. The van der Waals surface area contributed by atoms with Crippen LogP contribution in [0.2, 0.25) is 0 Å². The maximum atomic E-state index is 11.8. The average molecular weight is 441 g/mol. The van der Waals surface area contributed by atoms with Gasteiger partial charge in [-0.05, 0) is 50.9 Å². The van der Waals surface area contributed by atoms with E-state index in [2.05, 4.69) is 10.6 Å². The Morgan fingerprint density at radius 3 is 1.31 bits per heavy atom. The minimum atomic E-state index is -0.996. The van der Waals surface area contributed by atoms with Crippen molar-refractivity contribution >= 4 is 11.9 Å². The van der Waals surface area contributed by atoms with Gasteiger partial charge in [0.1, 0.15) is 11.1 Å². The minimum Gasteiger partial charge on any atom is -0.480 e. The summed E-state index contributed by atoms with van der Waals surface area (Å²) in [4.78, 5) is 23.6. The molecule has 6 nitrogen and oxygen atoms in total. The number of carbonyl (C=O) groups is 2. The predicted octanol–water partition coefficient (Wildman–Crippen LogP) is 3.90. The minimum absolute atomic E-state index is 0.433. The molecule has 2 rings (SSSR count). The molecule has 174 valence electrons. The highest BCUT2D eigenvalue weighted by molar-refractivity contribution is 5.79. The van der Waals surface area contributed by atoms with Gasteiger partial charge in [-0.15, -0.1) is 0 Å². The number of benzene rings is 2. The smallest absolute Gasteiger partial charge is 0.323 e. The van der Waals surface area contributed by atoms with E-state index in [9.17, 15) is 19.8 Å². The first-order valence-electron chi connectivity index (χ1n) is 11.3.